The van der Waals surface area contributed by atoms with Crippen molar-refractivity contribution in [2.45, 2.75) is 6.92 Å². The maximum absolute atomic E-state index is 13.4. The highest BCUT2D eigenvalue weighted by molar-refractivity contribution is 5.92. The topological polar surface area (TPSA) is 82.7 Å². The van der Waals surface area contributed by atoms with Gasteiger partial charge in [-0.2, -0.15) is 10.1 Å². The first-order valence-electron chi connectivity index (χ1n) is 9.95. The van der Waals surface area contributed by atoms with Crippen molar-refractivity contribution >= 4 is 22.5 Å². The molecule has 2 aromatic carbocycles. The number of hydrogen-bond acceptors (Lipinski definition) is 6. The van der Waals surface area contributed by atoms with Crippen molar-refractivity contribution in [1.29, 1.82) is 0 Å². The maximum Gasteiger partial charge on any atom is 0.241 e. The number of nitrogens with one attached hydrogen (secondary N) is 1. The minimum absolute atomic E-state index is 0.278. The standard InChI is InChI=1S/C23H20FN7O/c1-14-25-13-31(29-14)19-11-12-20(27-23(19)32-3)26-17-5-4-6-18-21(17)28-22(30(18)2)15-7-9-16(24)10-8-15/h4-13H,1-3H3,(H,26,27). The lowest BCUT2D eigenvalue weighted by atomic mass is 10.2. The average molecular weight is 429 g/mol. The summed E-state index contributed by atoms with van der Waals surface area (Å²) in [7, 11) is 3.50. The molecule has 0 aliphatic heterocycles. The first-order chi connectivity index (χ1) is 15.5. The molecule has 0 radical (unpaired) electrons. The van der Waals surface area contributed by atoms with Gasteiger partial charge < -0.3 is 14.6 Å². The van der Waals surface area contributed by atoms with Gasteiger partial charge >= 0.3 is 0 Å². The van der Waals surface area contributed by atoms with Gasteiger partial charge in [0.2, 0.25) is 5.88 Å². The van der Waals surface area contributed by atoms with Gasteiger partial charge in [-0.1, -0.05) is 6.07 Å². The Bertz CT molecular complexity index is 1420. The molecular formula is C23H20FN7O. The number of pyridine rings is 1. The number of anilines is 2. The van der Waals surface area contributed by atoms with Crippen LogP contribution in [0, 0.1) is 12.7 Å². The molecule has 32 heavy (non-hydrogen) atoms. The molecule has 3 heterocycles. The predicted octanol–water partition coefficient (Wildman–Crippen LogP) is 4.42. The quantitative estimate of drug-likeness (QED) is 0.445. The van der Waals surface area contributed by atoms with Gasteiger partial charge in [-0.05, 0) is 55.5 Å². The normalized spacial score (nSPS) is 11.1. The summed E-state index contributed by atoms with van der Waals surface area (Å²) in [5, 5.41) is 7.65. The van der Waals surface area contributed by atoms with Crippen LogP contribution in [0.5, 0.6) is 5.88 Å². The molecule has 0 unspecified atom stereocenters. The van der Waals surface area contributed by atoms with E-state index in [1.807, 2.05) is 48.9 Å². The van der Waals surface area contributed by atoms with Crippen molar-refractivity contribution in [2.75, 3.05) is 12.4 Å². The van der Waals surface area contributed by atoms with Crippen molar-refractivity contribution in [3.8, 4) is 23.0 Å². The molecular weight excluding hydrogens is 409 g/mol. The number of para-hydroxylation sites is 1. The van der Waals surface area contributed by atoms with Crippen LogP contribution in [-0.2, 0) is 7.05 Å². The number of nitrogens with zero attached hydrogens (tertiary/aromatic N) is 6. The molecule has 8 nitrogen and oxygen atoms in total. The van der Waals surface area contributed by atoms with Gasteiger partial charge in [-0.15, -0.1) is 0 Å². The van der Waals surface area contributed by atoms with Gasteiger partial charge in [0.1, 0.15) is 40.8 Å². The van der Waals surface area contributed by atoms with Gasteiger partial charge in [0, 0.05) is 12.6 Å². The molecule has 0 amide bonds. The number of aryl methyl sites for hydroxylation is 2. The summed E-state index contributed by atoms with van der Waals surface area (Å²) in [6.07, 6.45) is 1.62. The highest BCUT2D eigenvalue weighted by atomic mass is 19.1. The van der Waals surface area contributed by atoms with Gasteiger partial charge in [0.15, 0.2) is 0 Å². The van der Waals surface area contributed by atoms with E-state index in [0.717, 1.165) is 28.1 Å². The molecule has 0 spiro atoms. The summed E-state index contributed by atoms with van der Waals surface area (Å²) >= 11 is 0. The van der Waals surface area contributed by atoms with Gasteiger partial charge in [0.05, 0.1) is 18.3 Å². The van der Waals surface area contributed by atoms with Crippen LogP contribution in [0.15, 0.2) is 60.9 Å². The Morgan fingerprint density at radius 3 is 2.53 bits per heavy atom. The molecule has 0 bridgehead atoms. The lowest BCUT2D eigenvalue weighted by Crippen LogP contribution is -2.03. The van der Waals surface area contributed by atoms with E-state index in [4.69, 9.17) is 9.72 Å². The summed E-state index contributed by atoms with van der Waals surface area (Å²) in [4.78, 5) is 13.5. The molecule has 0 aliphatic carbocycles. The van der Waals surface area contributed by atoms with E-state index in [1.165, 1.54) is 12.1 Å². The zero-order valence-corrected chi connectivity index (χ0v) is 17.7. The fourth-order valence-electron chi connectivity index (χ4n) is 3.60. The first kappa shape index (κ1) is 19.7. The number of rotatable bonds is 5. The fourth-order valence-corrected chi connectivity index (χ4v) is 3.60. The van der Waals surface area contributed by atoms with Gasteiger partial charge in [-0.3, -0.25) is 0 Å². The number of benzene rings is 2. The van der Waals surface area contributed by atoms with Gasteiger partial charge in [-0.25, -0.2) is 19.0 Å². The summed E-state index contributed by atoms with van der Waals surface area (Å²) in [6, 6.07) is 15.9. The highest BCUT2D eigenvalue weighted by Gasteiger charge is 2.15. The second kappa shape index (κ2) is 7.77. The number of ether oxygens (including phenoxy) is 1. The molecule has 0 fully saturated rings. The number of fused-ring (bicyclic) bond motifs is 1. The van der Waals surface area contributed by atoms with Crippen LogP contribution in [0.25, 0.3) is 28.1 Å². The monoisotopic (exact) mass is 429 g/mol. The van der Waals surface area contributed by atoms with E-state index < -0.39 is 0 Å². The Balaban J connectivity index is 1.53. The van der Waals surface area contributed by atoms with E-state index >= 15 is 0 Å². The van der Waals surface area contributed by atoms with Crippen LogP contribution in [-0.4, -0.2) is 36.4 Å². The van der Waals surface area contributed by atoms with E-state index in [-0.39, 0.29) is 5.82 Å². The molecule has 5 aromatic rings. The lowest BCUT2D eigenvalue weighted by Gasteiger charge is -2.11. The molecule has 0 saturated heterocycles. The van der Waals surface area contributed by atoms with Crippen LogP contribution in [0.4, 0.5) is 15.9 Å². The molecule has 9 heteroatoms. The molecule has 1 N–H and O–H groups in total. The van der Waals surface area contributed by atoms with Crippen LogP contribution in [0.1, 0.15) is 5.82 Å². The number of imidazole rings is 1. The van der Waals surface area contributed by atoms with E-state index in [0.29, 0.717) is 23.2 Å². The van der Waals surface area contributed by atoms with Crippen molar-refractivity contribution in [3.05, 3.63) is 72.6 Å². The molecule has 3 aromatic heterocycles. The first-order valence-corrected chi connectivity index (χ1v) is 9.95. The van der Waals surface area contributed by atoms with Crippen LogP contribution >= 0.6 is 0 Å². The average Bonchev–Trinajstić information content (AvgIpc) is 3.38. The largest absolute Gasteiger partial charge is 0.479 e. The number of aromatic nitrogens is 6. The minimum atomic E-state index is -0.278. The van der Waals surface area contributed by atoms with Gasteiger partial charge in [0.25, 0.3) is 0 Å². The Kier molecular flexibility index (Phi) is 4.78. The maximum atomic E-state index is 13.4. The molecule has 0 saturated carbocycles. The Hall–Kier alpha value is -4.27. The fraction of sp³-hybridized carbons (Fsp3) is 0.130. The van der Waals surface area contributed by atoms with E-state index in [2.05, 4.69) is 20.4 Å². The van der Waals surface area contributed by atoms with Crippen LogP contribution in [0.2, 0.25) is 0 Å². The molecule has 5 rings (SSSR count). The van der Waals surface area contributed by atoms with Crippen molar-refractivity contribution in [1.82, 2.24) is 29.3 Å². The van der Waals surface area contributed by atoms with Crippen molar-refractivity contribution in [3.63, 3.8) is 0 Å². The Morgan fingerprint density at radius 2 is 1.81 bits per heavy atom. The molecule has 160 valence electrons. The van der Waals surface area contributed by atoms with Crippen LogP contribution < -0.4 is 10.1 Å². The predicted molar refractivity (Wildman–Crippen MR) is 120 cm³/mol. The summed E-state index contributed by atoms with van der Waals surface area (Å²) in [6.45, 7) is 1.82. The summed E-state index contributed by atoms with van der Waals surface area (Å²) in [5.41, 5.74) is 4.05. The highest BCUT2D eigenvalue weighted by Crippen LogP contribution is 2.31. The molecule has 0 atom stereocenters. The van der Waals surface area contributed by atoms with E-state index in [9.17, 15) is 4.39 Å². The zero-order chi connectivity index (χ0) is 22.2. The van der Waals surface area contributed by atoms with E-state index in [1.54, 1.807) is 30.3 Å². The number of halogens is 1. The SMILES string of the molecule is COc1nc(Nc2cccc3c2nc(-c2ccc(F)cc2)n3C)ccc1-n1cnc(C)n1. The lowest BCUT2D eigenvalue weighted by molar-refractivity contribution is 0.395. The summed E-state index contributed by atoms with van der Waals surface area (Å²) < 4.78 is 22.4. The van der Waals surface area contributed by atoms with Crippen LogP contribution in [0.3, 0.4) is 0 Å². The zero-order valence-electron chi connectivity index (χ0n) is 17.7. The third kappa shape index (κ3) is 3.43. The number of methoxy groups -OCH3 is 1. The minimum Gasteiger partial charge on any atom is -0.479 e. The Labute approximate surface area is 183 Å². The Morgan fingerprint density at radius 1 is 1.00 bits per heavy atom. The second-order valence-corrected chi connectivity index (χ2v) is 7.26. The molecule has 0 aliphatic rings. The number of hydrogen-bond donors (Lipinski definition) is 1. The smallest absolute Gasteiger partial charge is 0.241 e. The second-order valence-electron chi connectivity index (χ2n) is 7.26. The third-order valence-corrected chi connectivity index (χ3v) is 5.16. The third-order valence-electron chi connectivity index (χ3n) is 5.16. The van der Waals surface area contributed by atoms with Crippen molar-refractivity contribution < 1.29 is 9.13 Å². The van der Waals surface area contributed by atoms with Crippen molar-refractivity contribution in [2.24, 2.45) is 7.05 Å². The summed E-state index contributed by atoms with van der Waals surface area (Å²) in [5.74, 6) is 2.15.